The topological polar surface area (TPSA) is 116 Å². The van der Waals surface area contributed by atoms with Crippen molar-refractivity contribution in [2.75, 3.05) is 44.8 Å². The number of methoxy groups -OCH3 is 1. The monoisotopic (exact) mass is 519 g/mol. The molecular weight excluding hydrogens is 486 g/mol. The minimum Gasteiger partial charge on any atom is -0.493 e. The number of carbonyl (C=O) groups is 1. The number of likely N-dealkylation sites (tertiary alicyclic amines) is 1. The highest BCUT2D eigenvalue weighted by Gasteiger charge is 2.49. The van der Waals surface area contributed by atoms with E-state index in [1.165, 1.54) is 4.90 Å². The Morgan fingerprint density at radius 2 is 1.97 bits per heavy atom. The van der Waals surface area contributed by atoms with Crippen LogP contribution in [0, 0.1) is 12.3 Å². The number of rotatable bonds is 8. The lowest BCUT2D eigenvalue weighted by Gasteiger charge is -2.40. The summed E-state index contributed by atoms with van der Waals surface area (Å²) in [6, 6.07) is 7.55. The van der Waals surface area contributed by atoms with Gasteiger partial charge in [-0.3, -0.25) is 4.79 Å². The van der Waals surface area contributed by atoms with E-state index in [-0.39, 0.29) is 18.6 Å². The van der Waals surface area contributed by atoms with Crippen LogP contribution < -0.4 is 14.4 Å². The van der Waals surface area contributed by atoms with Gasteiger partial charge in [-0.1, -0.05) is 24.6 Å². The number of ether oxygens (including phenoxy) is 2. The molecule has 10 heteroatoms. The first-order chi connectivity index (χ1) is 17.1. The van der Waals surface area contributed by atoms with Gasteiger partial charge in [0.05, 0.1) is 37.9 Å². The SMILES string of the molecule is COc1ccc([C@@H]2CN(C(=O)[C@@H](O)CO)C[C@@]2(C)[C@@H](C)O)cc1OC1CN(c2ncc(Cl)cc2C)C1. The van der Waals surface area contributed by atoms with E-state index in [1.54, 1.807) is 20.2 Å². The lowest BCUT2D eigenvalue weighted by molar-refractivity contribution is -0.141. The number of aliphatic hydroxyl groups excluding tert-OH is 3. The summed E-state index contributed by atoms with van der Waals surface area (Å²) < 4.78 is 11.9. The smallest absolute Gasteiger partial charge is 0.253 e. The quantitative estimate of drug-likeness (QED) is 0.485. The van der Waals surface area contributed by atoms with E-state index in [1.807, 2.05) is 38.1 Å². The van der Waals surface area contributed by atoms with Gasteiger partial charge in [0.2, 0.25) is 0 Å². The number of pyridine rings is 1. The lowest BCUT2D eigenvalue weighted by atomic mass is 9.72. The van der Waals surface area contributed by atoms with E-state index >= 15 is 0 Å². The van der Waals surface area contributed by atoms with E-state index < -0.39 is 30.1 Å². The average molecular weight is 520 g/mol. The normalized spacial score (nSPS) is 23.8. The molecule has 1 aromatic carbocycles. The van der Waals surface area contributed by atoms with Gasteiger partial charge in [-0.2, -0.15) is 0 Å². The fourth-order valence-corrected chi connectivity index (χ4v) is 5.33. The zero-order valence-electron chi connectivity index (χ0n) is 21.0. The molecule has 4 rings (SSSR count). The van der Waals surface area contributed by atoms with Crippen LogP contribution in [0.2, 0.25) is 5.02 Å². The number of aliphatic hydroxyl groups is 3. The fourth-order valence-electron chi connectivity index (χ4n) is 5.11. The minimum absolute atomic E-state index is 0.0597. The van der Waals surface area contributed by atoms with Gasteiger partial charge in [0.25, 0.3) is 5.91 Å². The number of carbonyl (C=O) groups excluding carboxylic acids is 1. The summed E-state index contributed by atoms with van der Waals surface area (Å²) in [7, 11) is 1.59. The van der Waals surface area contributed by atoms with Gasteiger partial charge < -0.3 is 34.6 Å². The number of hydrogen-bond acceptors (Lipinski definition) is 8. The summed E-state index contributed by atoms with van der Waals surface area (Å²) in [5.41, 5.74) is 1.25. The van der Waals surface area contributed by atoms with Crippen molar-refractivity contribution in [1.82, 2.24) is 9.88 Å². The molecule has 2 aliphatic heterocycles. The number of aryl methyl sites for hydroxylation is 1. The predicted molar refractivity (Wildman–Crippen MR) is 136 cm³/mol. The van der Waals surface area contributed by atoms with Crippen LogP contribution in [-0.2, 0) is 4.79 Å². The van der Waals surface area contributed by atoms with Crippen molar-refractivity contribution in [2.24, 2.45) is 5.41 Å². The van der Waals surface area contributed by atoms with Crippen LogP contribution in [0.1, 0.15) is 30.9 Å². The maximum absolute atomic E-state index is 12.6. The van der Waals surface area contributed by atoms with E-state index in [9.17, 15) is 20.1 Å². The molecule has 4 atom stereocenters. The first-order valence-electron chi connectivity index (χ1n) is 12.0. The molecule has 0 saturated carbocycles. The van der Waals surface area contributed by atoms with Crippen LogP contribution in [0.4, 0.5) is 5.82 Å². The van der Waals surface area contributed by atoms with Crippen molar-refractivity contribution < 1.29 is 29.6 Å². The number of nitrogens with zero attached hydrogens (tertiary/aromatic N) is 3. The zero-order valence-corrected chi connectivity index (χ0v) is 21.8. The summed E-state index contributed by atoms with van der Waals surface area (Å²) in [4.78, 5) is 20.7. The standard InChI is InChI=1S/C26H34ClN3O6/c1-15-7-18(27)9-28-24(15)29-10-19(11-29)36-23-8-17(5-6-22(23)35-4)20-12-30(25(34)21(33)13-31)14-26(20,3)16(2)32/h5-9,16,19-21,31-33H,10-14H2,1-4H3/t16-,20+,21+,26+/m1/s1. The third kappa shape index (κ3) is 4.98. The summed E-state index contributed by atoms with van der Waals surface area (Å²) in [6.07, 6.45) is -0.611. The van der Waals surface area contributed by atoms with Gasteiger partial charge in [0.1, 0.15) is 11.9 Å². The number of aromatic nitrogens is 1. The highest BCUT2D eigenvalue weighted by atomic mass is 35.5. The molecule has 2 fully saturated rings. The van der Waals surface area contributed by atoms with Crippen LogP contribution in [0.5, 0.6) is 11.5 Å². The van der Waals surface area contributed by atoms with Gasteiger partial charge in [0.15, 0.2) is 17.6 Å². The van der Waals surface area contributed by atoms with Crippen molar-refractivity contribution in [2.45, 2.75) is 45.0 Å². The van der Waals surface area contributed by atoms with Crippen LogP contribution in [0.25, 0.3) is 0 Å². The molecule has 0 spiro atoms. The van der Waals surface area contributed by atoms with E-state index in [0.717, 1.165) is 16.9 Å². The van der Waals surface area contributed by atoms with Crippen LogP contribution in [-0.4, -0.2) is 89.3 Å². The van der Waals surface area contributed by atoms with Gasteiger partial charge in [-0.25, -0.2) is 4.98 Å². The Morgan fingerprint density at radius 3 is 2.58 bits per heavy atom. The molecule has 36 heavy (non-hydrogen) atoms. The lowest BCUT2D eigenvalue weighted by Crippen LogP contribution is -2.54. The Bertz CT molecular complexity index is 1110. The second-order valence-corrected chi connectivity index (χ2v) is 10.4. The zero-order chi connectivity index (χ0) is 26.2. The molecule has 0 radical (unpaired) electrons. The highest BCUT2D eigenvalue weighted by Crippen LogP contribution is 2.47. The summed E-state index contributed by atoms with van der Waals surface area (Å²) in [6.45, 7) is 6.87. The van der Waals surface area contributed by atoms with Crippen molar-refractivity contribution in [3.8, 4) is 11.5 Å². The molecule has 0 bridgehead atoms. The minimum atomic E-state index is -1.47. The number of halogens is 1. The van der Waals surface area contributed by atoms with E-state index in [4.69, 9.17) is 21.1 Å². The Labute approximate surface area is 216 Å². The fraction of sp³-hybridized carbons (Fsp3) is 0.538. The Hall–Kier alpha value is -2.59. The maximum Gasteiger partial charge on any atom is 0.253 e. The van der Waals surface area contributed by atoms with E-state index in [2.05, 4.69) is 9.88 Å². The number of anilines is 1. The van der Waals surface area contributed by atoms with Crippen LogP contribution in [0.15, 0.2) is 30.5 Å². The van der Waals surface area contributed by atoms with Gasteiger partial charge in [-0.05, 0) is 43.2 Å². The molecule has 9 nitrogen and oxygen atoms in total. The maximum atomic E-state index is 12.6. The van der Waals surface area contributed by atoms with Crippen LogP contribution >= 0.6 is 11.6 Å². The number of hydrogen-bond donors (Lipinski definition) is 3. The first kappa shape index (κ1) is 26.5. The van der Waals surface area contributed by atoms with Crippen molar-refractivity contribution >= 4 is 23.3 Å². The van der Waals surface area contributed by atoms with Gasteiger partial charge >= 0.3 is 0 Å². The first-order valence-corrected chi connectivity index (χ1v) is 12.4. The van der Waals surface area contributed by atoms with Crippen molar-refractivity contribution in [3.05, 3.63) is 46.6 Å². The van der Waals surface area contributed by atoms with Gasteiger partial charge in [0, 0.05) is 30.6 Å². The van der Waals surface area contributed by atoms with Crippen molar-refractivity contribution in [3.63, 3.8) is 0 Å². The third-order valence-corrected chi connectivity index (χ3v) is 7.71. The average Bonchev–Trinajstić information content (AvgIpc) is 3.19. The third-order valence-electron chi connectivity index (χ3n) is 7.50. The molecule has 2 saturated heterocycles. The summed E-state index contributed by atoms with van der Waals surface area (Å²) in [5.74, 6) is 1.32. The van der Waals surface area contributed by atoms with E-state index in [0.29, 0.717) is 36.2 Å². The molecule has 2 aromatic rings. The Balaban J connectivity index is 1.53. The molecule has 3 N–H and O–H groups in total. The molecule has 2 aliphatic rings. The second kappa shape index (κ2) is 10.4. The molecule has 1 aromatic heterocycles. The van der Waals surface area contributed by atoms with Gasteiger partial charge in [-0.15, -0.1) is 0 Å². The predicted octanol–water partition coefficient (Wildman–Crippen LogP) is 1.99. The second-order valence-electron chi connectivity index (χ2n) is 10.0. The van der Waals surface area contributed by atoms with Crippen LogP contribution in [0.3, 0.4) is 0 Å². The van der Waals surface area contributed by atoms with Crippen molar-refractivity contribution in [1.29, 1.82) is 0 Å². The Kier molecular flexibility index (Phi) is 7.66. The summed E-state index contributed by atoms with van der Waals surface area (Å²) in [5, 5.41) is 30.4. The highest BCUT2D eigenvalue weighted by molar-refractivity contribution is 6.30. The molecule has 196 valence electrons. The molecule has 1 amide bonds. The molecule has 0 unspecified atom stereocenters. The molecule has 3 heterocycles. The largest absolute Gasteiger partial charge is 0.493 e. The molecular formula is C26H34ClN3O6. The Morgan fingerprint density at radius 1 is 1.25 bits per heavy atom. The summed E-state index contributed by atoms with van der Waals surface area (Å²) >= 11 is 6.03. The molecule has 0 aliphatic carbocycles. The number of amides is 1. The number of benzene rings is 1.